The van der Waals surface area contributed by atoms with Gasteiger partial charge in [0.2, 0.25) is 5.62 Å². The molecule has 0 radical (unpaired) electrons. The van der Waals surface area contributed by atoms with Gasteiger partial charge < -0.3 is 14.9 Å². The van der Waals surface area contributed by atoms with Crippen LogP contribution in [0.5, 0.6) is 0 Å². The molecule has 0 amide bonds. The number of nitrogen functional groups attached to an aromatic ring is 1. The van der Waals surface area contributed by atoms with Crippen molar-refractivity contribution in [1.82, 2.24) is 19.1 Å². The van der Waals surface area contributed by atoms with Gasteiger partial charge in [0.05, 0.1) is 51.3 Å². The molecule has 5 aromatic rings. The predicted octanol–water partition coefficient (Wildman–Crippen LogP) is 3.04. The molecule has 0 saturated carbocycles. The Morgan fingerprint density at radius 1 is 1.09 bits per heavy atom. The van der Waals surface area contributed by atoms with Gasteiger partial charge in [-0.1, -0.05) is 12.1 Å². The molecule has 0 fully saturated rings. The van der Waals surface area contributed by atoms with Crippen molar-refractivity contribution in [3.05, 3.63) is 77.7 Å². The molecule has 34 heavy (non-hydrogen) atoms. The molecule has 2 aromatic carbocycles. The van der Waals surface area contributed by atoms with E-state index in [0.717, 1.165) is 33.1 Å². The molecule has 3 aromatic heterocycles. The Labute approximate surface area is 196 Å². The fraction of sp³-hybridized carbons (Fsp3) is 0.0833. The Morgan fingerprint density at radius 3 is 2.59 bits per heavy atom. The van der Waals surface area contributed by atoms with Crippen molar-refractivity contribution < 1.29 is 8.76 Å². The van der Waals surface area contributed by atoms with Crippen LogP contribution >= 0.6 is 0 Å². The maximum absolute atomic E-state index is 11.6. The van der Waals surface area contributed by atoms with Crippen molar-refractivity contribution in [1.29, 1.82) is 5.26 Å². The summed E-state index contributed by atoms with van der Waals surface area (Å²) in [6, 6.07) is 16.9. The maximum Gasteiger partial charge on any atom is 0.223 e. The van der Waals surface area contributed by atoms with E-state index in [0.29, 0.717) is 22.6 Å². The van der Waals surface area contributed by atoms with Gasteiger partial charge in [-0.15, -0.1) is 0 Å². The first-order chi connectivity index (χ1) is 16.4. The summed E-state index contributed by atoms with van der Waals surface area (Å²) in [5.74, 6) is 0.430. The van der Waals surface area contributed by atoms with Gasteiger partial charge in [-0.3, -0.25) is 9.55 Å². The highest BCUT2D eigenvalue weighted by molar-refractivity contribution is 7.77. The molecule has 3 heterocycles. The molecular weight excluding hydrogens is 450 g/mol. The van der Waals surface area contributed by atoms with E-state index in [9.17, 15) is 14.0 Å². The summed E-state index contributed by atoms with van der Waals surface area (Å²) < 4.78 is 30.6. The quantitative estimate of drug-likeness (QED) is 0.404. The second kappa shape index (κ2) is 8.22. The van der Waals surface area contributed by atoms with Crippen LogP contribution in [0.4, 0.5) is 5.82 Å². The first kappa shape index (κ1) is 21.5. The fourth-order valence-corrected chi connectivity index (χ4v) is 4.42. The average molecular weight is 469 g/mol. The van der Waals surface area contributed by atoms with Crippen LogP contribution < -0.4 is 11.4 Å². The number of imidazole rings is 1. The van der Waals surface area contributed by atoms with Gasteiger partial charge >= 0.3 is 0 Å². The summed E-state index contributed by atoms with van der Waals surface area (Å²) in [6.45, 7) is 1.90. The minimum Gasteiger partial charge on any atom is -0.754 e. The van der Waals surface area contributed by atoms with Crippen LogP contribution in [0.15, 0.2) is 65.3 Å². The maximum atomic E-state index is 11.6. The number of hydrogen-bond acceptors (Lipinski definition) is 6. The monoisotopic (exact) mass is 468 g/mol. The van der Waals surface area contributed by atoms with Gasteiger partial charge in [0.1, 0.15) is 5.82 Å². The van der Waals surface area contributed by atoms with Crippen LogP contribution in [0.3, 0.4) is 0 Å². The lowest BCUT2D eigenvalue weighted by Crippen LogP contribution is -2.24. The molecule has 1 atom stereocenters. The van der Waals surface area contributed by atoms with Gasteiger partial charge in [0.15, 0.2) is 0 Å². The zero-order valence-electron chi connectivity index (χ0n) is 18.3. The predicted molar refractivity (Wildman–Crippen MR) is 129 cm³/mol. The SMILES string of the molecule is Cc1ccc(C#N)cc1-n1c(=NS(=O)[O-])n(C)c2cnc3ccc(-c4ccc(N)nc4)cc3c21. The Kier molecular flexibility index (Phi) is 5.20. The first-order valence-corrected chi connectivity index (χ1v) is 11.3. The van der Waals surface area contributed by atoms with Crippen LogP contribution in [-0.2, 0) is 18.3 Å². The third-order valence-electron chi connectivity index (χ3n) is 5.76. The molecule has 10 heteroatoms. The first-order valence-electron chi connectivity index (χ1n) is 10.2. The van der Waals surface area contributed by atoms with E-state index in [-0.39, 0.29) is 5.62 Å². The number of nitrogens with zero attached hydrogens (tertiary/aromatic N) is 6. The summed E-state index contributed by atoms with van der Waals surface area (Å²) in [5, 5.41) is 10.3. The second-order valence-electron chi connectivity index (χ2n) is 7.81. The van der Waals surface area contributed by atoms with Gasteiger partial charge in [-0.25, -0.2) is 9.19 Å². The molecular formula is C24H18N7O2S-. The number of anilines is 1. The number of hydrogen-bond donors (Lipinski definition) is 1. The molecule has 0 spiro atoms. The number of fused-ring (bicyclic) bond motifs is 3. The highest BCUT2D eigenvalue weighted by Gasteiger charge is 2.18. The van der Waals surface area contributed by atoms with E-state index in [1.165, 1.54) is 0 Å². The van der Waals surface area contributed by atoms with Crippen LogP contribution in [0.2, 0.25) is 0 Å². The van der Waals surface area contributed by atoms with E-state index >= 15 is 0 Å². The number of aryl methyl sites for hydroxylation is 2. The van der Waals surface area contributed by atoms with Gasteiger partial charge in [-0.2, -0.15) is 9.66 Å². The molecule has 0 aliphatic heterocycles. The van der Waals surface area contributed by atoms with E-state index in [1.54, 1.807) is 46.8 Å². The number of benzene rings is 2. The van der Waals surface area contributed by atoms with Crippen molar-refractivity contribution in [3.8, 4) is 22.9 Å². The van der Waals surface area contributed by atoms with Crippen LogP contribution in [0, 0.1) is 18.3 Å². The zero-order chi connectivity index (χ0) is 24.0. The third-order valence-corrected chi connectivity index (χ3v) is 6.07. The van der Waals surface area contributed by atoms with Crippen molar-refractivity contribution in [3.63, 3.8) is 0 Å². The van der Waals surface area contributed by atoms with Crippen molar-refractivity contribution >= 4 is 39.0 Å². The number of aromatic nitrogens is 4. The molecule has 5 rings (SSSR count). The molecule has 0 aliphatic rings. The molecule has 2 N–H and O–H groups in total. The lowest BCUT2D eigenvalue weighted by Gasteiger charge is -2.12. The third kappa shape index (κ3) is 3.53. The topological polar surface area (TPSA) is 138 Å². The number of rotatable bonds is 3. The molecule has 168 valence electrons. The van der Waals surface area contributed by atoms with Crippen LogP contribution in [0.1, 0.15) is 11.1 Å². The summed E-state index contributed by atoms with van der Waals surface area (Å²) in [6.07, 6.45) is 3.39. The molecule has 0 saturated heterocycles. The minimum absolute atomic E-state index is 0.190. The summed E-state index contributed by atoms with van der Waals surface area (Å²) >= 11 is -2.69. The second-order valence-corrected chi connectivity index (χ2v) is 8.43. The highest BCUT2D eigenvalue weighted by atomic mass is 32.2. The Hall–Kier alpha value is -4.33. The van der Waals surface area contributed by atoms with Crippen LogP contribution in [-0.4, -0.2) is 27.9 Å². The van der Waals surface area contributed by atoms with Crippen molar-refractivity contribution in [2.45, 2.75) is 6.92 Å². The van der Waals surface area contributed by atoms with Gasteiger partial charge in [0.25, 0.3) is 0 Å². The van der Waals surface area contributed by atoms with E-state index in [1.807, 2.05) is 37.3 Å². The number of nitrogens with two attached hydrogens (primary N) is 1. The van der Waals surface area contributed by atoms with E-state index < -0.39 is 11.3 Å². The lowest BCUT2D eigenvalue weighted by molar-refractivity contribution is 0.536. The Morgan fingerprint density at radius 2 is 1.88 bits per heavy atom. The molecule has 1 unspecified atom stereocenters. The molecule has 9 nitrogen and oxygen atoms in total. The Bertz CT molecular complexity index is 1730. The molecule has 0 bridgehead atoms. The summed E-state index contributed by atoms with van der Waals surface area (Å²) in [5.41, 5.74) is 11.8. The number of nitriles is 1. The number of pyridine rings is 2. The highest BCUT2D eigenvalue weighted by Crippen LogP contribution is 2.30. The minimum atomic E-state index is -2.69. The van der Waals surface area contributed by atoms with Crippen molar-refractivity contribution in [2.75, 3.05) is 5.73 Å². The standard InChI is InChI=1S/C24H19N7O2S/c1-14-3-4-15(11-25)9-20(14)31-23-18-10-16(17-6-8-22(26)28-12-17)5-7-19(18)27-13-21(23)30(2)24(31)29-34(32)33/h3-10,12-13H,1-2H3,(H2,26,28)(H,32,33)/p-1. The smallest absolute Gasteiger partial charge is 0.223 e. The fourth-order valence-electron chi connectivity index (χ4n) is 4.08. The largest absolute Gasteiger partial charge is 0.754 e. The zero-order valence-corrected chi connectivity index (χ0v) is 19.1. The Balaban J connectivity index is 1.96. The van der Waals surface area contributed by atoms with E-state index in [4.69, 9.17) is 5.73 Å². The van der Waals surface area contributed by atoms with Gasteiger partial charge in [0, 0.05) is 24.2 Å². The molecule has 0 aliphatic carbocycles. The van der Waals surface area contributed by atoms with Gasteiger partial charge in [-0.05, 0) is 54.4 Å². The van der Waals surface area contributed by atoms with E-state index in [2.05, 4.69) is 20.4 Å². The van der Waals surface area contributed by atoms with Crippen LogP contribution in [0.25, 0.3) is 38.8 Å². The average Bonchev–Trinajstić information content (AvgIpc) is 3.11. The normalized spacial score (nSPS) is 12.8. The summed E-state index contributed by atoms with van der Waals surface area (Å²) in [7, 11) is 1.73. The lowest BCUT2D eigenvalue weighted by atomic mass is 10.0. The van der Waals surface area contributed by atoms with Crippen molar-refractivity contribution in [2.24, 2.45) is 11.4 Å². The summed E-state index contributed by atoms with van der Waals surface area (Å²) in [4.78, 5) is 8.77.